The van der Waals surface area contributed by atoms with Crippen LogP contribution in [-0.2, 0) is 32.6 Å². The summed E-state index contributed by atoms with van der Waals surface area (Å²) in [6.07, 6.45) is 6.61. The Morgan fingerprint density at radius 2 is 1.56 bits per heavy atom. The maximum atomic E-state index is 2.20. The number of aromatic nitrogens is 1. The molecule has 0 bridgehead atoms. The van der Waals surface area contributed by atoms with Crippen molar-refractivity contribution in [3.05, 3.63) is 90.8 Å². The van der Waals surface area contributed by atoms with Gasteiger partial charge in [-0.05, 0) is 17.8 Å². The van der Waals surface area contributed by atoms with E-state index in [1.165, 1.54) is 34.9 Å². The molecule has 4 rings (SSSR count). The van der Waals surface area contributed by atoms with Gasteiger partial charge >= 0.3 is 26.2 Å². The fourth-order valence-electron chi connectivity index (χ4n) is 2.66. The van der Waals surface area contributed by atoms with Gasteiger partial charge in [-0.1, -0.05) is 25.8 Å². The van der Waals surface area contributed by atoms with Crippen LogP contribution in [0, 0.1) is 0 Å². The van der Waals surface area contributed by atoms with E-state index in [0.29, 0.717) is 0 Å². The molecule has 128 valence electrons. The molecule has 0 aliphatic rings. The Morgan fingerprint density at radius 3 is 2.16 bits per heavy atom. The summed E-state index contributed by atoms with van der Waals surface area (Å²) in [7, 11) is 0. The first-order valence-corrected chi connectivity index (χ1v) is 7.86. The van der Waals surface area contributed by atoms with E-state index in [4.69, 9.17) is 0 Å². The zero-order valence-corrected chi connectivity index (χ0v) is 16.7. The van der Waals surface area contributed by atoms with Crippen LogP contribution in [0.1, 0.15) is 18.9 Å². The van der Waals surface area contributed by atoms with E-state index in [2.05, 4.69) is 84.5 Å². The number of fused-ring (bicyclic) bond motifs is 1. The first kappa shape index (κ1) is 23.2. The molecule has 4 heteroatoms. The van der Waals surface area contributed by atoms with Crippen LogP contribution < -0.4 is 9.41 Å². The number of hydrogen-bond acceptors (Lipinski definition) is 0. The number of benzene rings is 1. The summed E-state index contributed by atoms with van der Waals surface area (Å²) in [6, 6.07) is 25.4. The van der Waals surface area contributed by atoms with Crippen LogP contribution in [0.3, 0.4) is 0 Å². The number of halogens is 2. The molecule has 0 N–H and O–H groups in total. The monoisotopic (exact) mass is 415 g/mol. The summed E-state index contributed by atoms with van der Waals surface area (Å²) in [6.45, 7) is 2.20. The second kappa shape index (κ2) is 11.7. The van der Waals surface area contributed by atoms with Gasteiger partial charge in [-0.3, -0.25) is 0 Å². The summed E-state index contributed by atoms with van der Waals surface area (Å²) in [4.78, 5) is 0. The third kappa shape index (κ3) is 6.21. The van der Waals surface area contributed by atoms with Gasteiger partial charge in [0.25, 0.3) is 0 Å². The molecule has 3 aromatic carbocycles. The van der Waals surface area contributed by atoms with Crippen molar-refractivity contribution in [2.24, 2.45) is 0 Å². The first-order valence-electron chi connectivity index (χ1n) is 7.86. The maximum absolute atomic E-state index is 2.20. The molecule has 0 radical (unpaired) electrons. The van der Waals surface area contributed by atoms with Gasteiger partial charge in [0.15, 0.2) is 0 Å². The first-order chi connectivity index (χ1) is 10.9. The molecule has 0 fully saturated rings. The van der Waals surface area contributed by atoms with Gasteiger partial charge in [-0.2, -0.15) is 17.7 Å². The van der Waals surface area contributed by atoms with Crippen molar-refractivity contribution in [3.63, 3.8) is 0 Å². The standard InChI is InChI=1S/C13H10N.C8H11.2FH.Zr/c1-2-6-12-10-13(9-11(12)5-1)14-7-3-4-8-14;1-2-5-8-6-3-4-7-8;;;/h1-10H;3-4,6-7H,2,5H2,1H3;2*1H;/q2*-1;;;+4/p-2. The number of rotatable bonds is 3. The third-order valence-electron chi connectivity index (χ3n) is 3.78. The molecular formula is C21H21F2NZr. The quantitative estimate of drug-likeness (QED) is 0.405. The molecule has 4 aromatic rings. The van der Waals surface area contributed by atoms with E-state index < -0.39 is 0 Å². The second-order valence-corrected chi connectivity index (χ2v) is 5.48. The van der Waals surface area contributed by atoms with Gasteiger partial charge in [-0.25, -0.2) is 12.1 Å². The third-order valence-corrected chi connectivity index (χ3v) is 3.78. The summed E-state index contributed by atoms with van der Waals surface area (Å²) >= 11 is 0. The normalized spacial score (nSPS) is 9.16. The molecule has 0 amide bonds. The Kier molecular flexibility index (Phi) is 10.9. The van der Waals surface area contributed by atoms with E-state index in [9.17, 15) is 0 Å². The van der Waals surface area contributed by atoms with Gasteiger partial charge in [0.2, 0.25) is 0 Å². The predicted molar refractivity (Wildman–Crippen MR) is 94.9 cm³/mol. The van der Waals surface area contributed by atoms with Crippen molar-refractivity contribution in [2.45, 2.75) is 19.8 Å². The van der Waals surface area contributed by atoms with Crippen molar-refractivity contribution >= 4 is 10.8 Å². The molecular weight excluding hydrogens is 395 g/mol. The van der Waals surface area contributed by atoms with Crippen LogP contribution in [0.5, 0.6) is 0 Å². The van der Waals surface area contributed by atoms with E-state index in [0.717, 1.165) is 0 Å². The minimum Gasteiger partial charge on any atom is -1.00 e. The maximum Gasteiger partial charge on any atom is 4.00 e. The molecule has 0 saturated heterocycles. The Bertz CT molecular complexity index is 769. The van der Waals surface area contributed by atoms with E-state index in [1.54, 1.807) is 0 Å². The Morgan fingerprint density at radius 1 is 0.920 bits per heavy atom. The molecule has 0 aliphatic heterocycles. The average Bonchev–Trinajstić information content (AvgIpc) is 3.29. The molecule has 0 saturated carbocycles. The van der Waals surface area contributed by atoms with Gasteiger partial charge in [0.1, 0.15) is 0 Å². The summed E-state index contributed by atoms with van der Waals surface area (Å²) in [5.41, 5.74) is 2.70. The van der Waals surface area contributed by atoms with E-state index in [-0.39, 0.29) is 35.6 Å². The van der Waals surface area contributed by atoms with Crippen molar-refractivity contribution in [2.75, 3.05) is 0 Å². The molecule has 1 heterocycles. The number of hydrogen-bond donors (Lipinski definition) is 0. The molecule has 0 spiro atoms. The zero-order valence-electron chi connectivity index (χ0n) is 14.2. The molecule has 0 atom stereocenters. The predicted octanol–water partition coefficient (Wildman–Crippen LogP) is -0.287. The fourth-order valence-corrected chi connectivity index (χ4v) is 2.66. The van der Waals surface area contributed by atoms with Crippen LogP contribution in [0.25, 0.3) is 16.5 Å². The van der Waals surface area contributed by atoms with Crippen molar-refractivity contribution < 1.29 is 35.6 Å². The molecule has 1 nitrogen and oxygen atoms in total. The smallest absolute Gasteiger partial charge is 1.00 e. The van der Waals surface area contributed by atoms with Gasteiger partial charge in [0.05, 0.1) is 0 Å². The van der Waals surface area contributed by atoms with E-state index >= 15 is 0 Å². The molecule has 25 heavy (non-hydrogen) atoms. The second-order valence-electron chi connectivity index (χ2n) is 5.48. The fraction of sp³-hybridized carbons (Fsp3) is 0.143. The van der Waals surface area contributed by atoms with Crippen LogP contribution in [-0.4, -0.2) is 4.57 Å². The topological polar surface area (TPSA) is 4.93 Å². The molecule has 0 aliphatic carbocycles. The van der Waals surface area contributed by atoms with Gasteiger partial charge < -0.3 is 14.0 Å². The Balaban J connectivity index is 0.000000462. The minimum absolute atomic E-state index is 0. The minimum atomic E-state index is 0. The van der Waals surface area contributed by atoms with E-state index in [1.807, 2.05) is 12.1 Å². The van der Waals surface area contributed by atoms with Crippen molar-refractivity contribution in [3.8, 4) is 5.69 Å². The Hall–Kier alpha value is -1.80. The van der Waals surface area contributed by atoms with Gasteiger partial charge in [0, 0.05) is 12.4 Å². The zero-order chi connectivity index (χ0) is 15.2. The van der Waals surface area contributed by atoms with Crippen LogP contribution in [0.4, 0.5) is 0 Å². The Labute approximate surface area is 166 Å². The number of nitrogens with zero attached hydrogens (tertiary/aromatic N) is 1. The summed E-state index contributed by atoms with van der Waals surface area (Å²) in [5, 5.41) is 2.60. The van der Waals surface area contributed by atoms with Crippen LogP contribution >= 0.6 is 0 Å². The van der Waals surface area contributed by atoms with Crippen molar-refractivity contribution in [1.82, 2.24) is 4.57 Å². The SMILES string of the molecule is CCC[c-]1cccc1.[F-].[F-].[Zr+4].c1ccc2[cH-]c(-n3cccc3)cc2c1. The number of aryl methyl sites for hydroxylation is 1. The summed E-state index contributed by atoms with van der Waals surface area (Å²) < 4.78 is 2.12. The van der Waals surface area contributed by atoms with Crippen LogP contribution in [0.15, 0.2) is 85.2 Å². The largest absolute Gasteiger partial charge is 4.00 e. The van der Waals surface area contributed by atoms with Gasteiger partial charge in [-0.15, -0.1) is 41.1 Å². The molecule has 0 unspecified atom stereocenters. The summed E-state index contributed by atoms with van der Waals surface area (Å²) in [5.74, 6) is 0. The van der Waals surface area contributed by atoms with Crippen LogP contribution in [0.2, 0.25) is 0 Å². The molecule has 1 aromatic heterocycles. The average molecular weight is 417 g/mol. The van der Waals surface area contributed by atoms with Crippen molar-refractivity contribution in [1.29, 1.82) is 0 Å².